The van der Waals surface area contributed by atoms with Crippen LogP contribution in [0, 0.1) is 11.6 Å². The van der Waals surface area contributed by atoms with Gasteiger partial charge in [0.25, 0.3) is 0 Å². The molecular weight excluding hydrogens is 411 g/mol. The number of hydrogen-bond donors (Lipinski definition) is 1. The summed E-state index contributed by atoms with van der Waals surface area (Å²) in [4.78, 5) is 0. The summed E-state index contributed by atoms with van der Waals surface area (Å²) in [7, 11) is 0. The van der Waals surface area contributed by atoms with Gasteiger partial charge in [0.05, 0.1) is 13.6 Å². The fourth-order valence-corrected chi connectivity index (χ4v) is 4.71. The van der Waals surface area contributed by atoms with Gasteiger partial charge >= 0.3 is 0 Å². The van der Waals surface area contributed by atoms with Gasteiger partial charge in [-0.25, -0.2) is 8.78 Å². The smallest absolute Gasteiger partial charge is 0.160 e. The molecule has 96 valence electrons. The van der Waals surface area contributed by atoms with E-state index in [-0.39, 0.29) is 5.02 Å². The lowest BCUT2D eigenvalue weighted by Crippen LogP contribution is -2.12. The highest BCUT2D eigenvalue weighted by molar-refractivity contribution is 9.12. The van der Waals surface area contributed by atoms with E-state index in [2.05, 4.69) is 31.9 Å². The zero-order valence-corrected chi connectivity index (χ0v) is 13.4. The van der Waals surface area contributed by atoms with Gasteiger partial charge in [-0.15, -0.1) is 11.3 Å². The monoisotopic (exact) mass is 415 g/mol. The zero-order valence-electron chi connectivity index (χ0n) is 8.68. The van der Waals surface area contributed by atoms with Crippen molar-refractivity contribution in [3.63, 3.8) is 0 Å². The van der Waals surface area contributed by atoms with Gasteiger partial charge in [0, 0.05) is 5.02 Å². The SMILES string of the molecule is NC(c1cc(F)c(F)cc1Cl)c1cc(Br)sc1Br. The molecule has 7 heteroatoms. The Kier molecular flexibility index (Phi) is 4.44. The molecule has 18 heavy (non-hydrogen) atoms. The summed E-state index contributed by atoms with van der Waals surface area (Å²) >= 11 is 14.0. The van der Waals surface area contributed by atoms with Crippen molar-refractivity contribution < 1.29 is 8.78 Å². The predicted octanol–water partition coefficient (Wildman–Crippen LogP) is 5.25. The minimum Gasteiger partial charge on any atom is -0.320 e. The first-order valence-electron chi connectivity index (χ1n) is 4.75. The molecule has 0 saturated carbocycles. The molecule has 1 aromatic carbocycles. The van der Waals surface area contributed by atoms with Gasteiger partial charge in [0.2, 0.25) is 0 Å². The van der Waals surface area contributed by atoms with Gasteiger partial charge in [0.1, 0.15) is 0 Å². The Bertz CT molecular complexity index is 603. The van der Waals surface area contributed by atoms with Gasteiger partial charge in [-0.05, 0) is 61.2 Å². The first-order chi connectivity index (χ1) is 8.40. The van der Waals surface area contributed by atoms with Crippen LogP contribution in [-0.2, 0) is 0 Å². The Balaban J connectivity index is 2.49. The Morgan fingerprint density at radius 2 is 1.72 bits per heavy atom. The van der Waals surface area contributed by atoms with Crippen LogP contribution < -0.4 is 5.73 Å². The second-order valence-corrected chi connectivity index (χ2v) is 7.70. The van der Waals surface area contributed by atoms with Crippen molar-refractivity contribution in [3.05, 3.63) is 53.6 Å². The van der Waals surface area contributed by atoms with E-state index in [4.69, 9.17) is 17.3 Å². The lowest BCUT2D eigenvalue weighted by Gasteiger charge is -2.13. The van der Waals surface area contributed by atoms with Gasteiger partial charge in [-0.3, -0.25) is 0 Å². The molecule has 2 aromatic rings. The summed E-state index contributed by atoms with van der Waals surface area (Å²) < 4.78 is 27.9. The number of rotatable bonds is 2. The highest BCUT2D eigenvalue weighted by Crippen LogP contribution is 2.38. The van der Waals surface area contributed by atoms with Crippen LogP contribution >= 0.6 is 54.8 Å². The van der Waals surface area contributed by atoms with Gasteiger partial charge < -0.3 is 5.73 Å². The summed E-state index contributed by atoms with van der Waals surface area (Å²) in [6, 6.07) is 3.16. The Labute approximate surface area is 128 Å². The van der Waals surface area contributed by atoms with E-state index in [9.17, 15) is 8.78 Å². The maximum Gasteiger partial charge on any atom is 0.160 e. The summed E-state index contributed by atoms with van der Waals surface area (Å²) in [5.41, 5.74) is 7.14. The average Bonchev–Trinajstić information content (AvgIpc) is 2.62. The summed E-state index contributed by atoms with van der Waals surface area (Å²) in [5.74, 6) is -1.95. The maximum atomic E-state index is 13.2. The van der Waals surface area contributed by atoms with Crippen LogP contribution in [0.5, 0.6) is 0 Å². The number of hydrogen-bond acceptors (Lipinski definition) is 2. The van der Waals surface area contributed by atoms with Crippen LogP contribution in [-0.4, -0.2) is 0 Å². The second-order valence-electron chi connectivity index (χ2n) is 3.55. The second kappa shape index (κ2) is 5.54. The number of nitrogens with two attached hydrogens (primary N) is 1. The molecule has 0 bridgehead atoms. The van der Waals surface area contributed by atoms with Crippen molar-refractivity contribution in [1.82, 2.24) is 0 Å². The molecule has 2 N–H and O–H groups in total. The van der Waals surface area contributed by atoms with Crippen molar-refractivity contribution in [2.45, 2.75) is 6.04 Å². The Morgan fingerprint density at radius 3 is 2.28 bits per heavy atom. The maximum absolute atomic E-state index is 13.2. The van der Waals surface area contributed by atoms with Crippen molar-refractivity contribution >= 4 is 54.8 Å². The van der Waals surface area contributed by atoms with Crippen LogP contribution in [0.4, 0.5) is 8.78 Å². The molecular formula is C11H6Br2ClF2NS. The molecule has 2 rings (SSSR count). The topological polar surface area (TPSA) is 26.0 Å². The van der Waals surface area contributed by atoms with Gasteiger partial charge in [0.15, 0.2) is 11.6 Å². The van der Waals surface area contributed by atoms with Gasteiger partial charge in [-0.2, -0.15) is 0 Å². The number of thiophene rings is 1. The molecule has 0 radical (unpaired) electrons. The van der Waals surface area contributed by atoms with Crippen molar-refractivity contribution in [2.75, 3.05) is 0 Å². The van der Waals surface area contributed by atoms with E-state index in [0.29, 0.717) is 5.56 Å². The van der Waals surface area contributed by atoms with Crippen LogP contribution in [0.1, 0.15) is 17.2 Å². The quantitative estimate of drug-likeness (QED) is 0.664. The molecule has 1 heterocycles. The fourth-order valence-electron chi connectivity index (χ4n) is 1.51. The normalized spacial score (nSPS) is 12.8. The van der Waals surface area contributed by atoms with E-state index in [1.54, 1.807) is 0 Å². The van der Waals surface area contributed by atoms with Crippen LogP contribution in [0.25, 0.3) is 0 Å². The predicted molar refractivity (Wildman–Crippen MR) is 77.1 cm³/mol. The molecule has 0 spiro atoms. The summed E-state index contributed by atoms with van der Waals surface area (Å²) in [6.45, 7) is 0. The lowest BCUT2D eigenvalue weighted by atomic mass is 10.0. The van der Waals surface area contributed by atoms with Gasteiger partial charge in [-0.1, -0.05) is 11.6 Å². The molecule has 0 aliphatic heterocycles. The molecule has 0 amide bonds. The summed E-state index contributed by atoms with van der Waals surface area (Å²) in [6.07, 6.45) is 0. The number of halogens is 5. The van der Waals surface area contributed by atoms with Crippen LogP contribution in [0.3, 0.4) is 0 Å². The first kappa shape index (κ1) is 14.4. The van der Waals surface area contributed by atoms with E-state index >= 15 is 0 Å². The highest BCUT2D eigenvalue weighted by Gasteiger charge is 2.19. The molecule has 1 atom stereocenters. The third-order valence-electron chi connectivity index (χ3n) is 2.39. The standard InChI is InChI=1S/C11H6Br2ClF2NS/c12-9-2-5(11(13)18-9)10(17)4-1-7(15)8(16)3-6(4)14/h1-3,10H,17H2. The van der Waals surface area contributed by atoms with E-state index < -0.39 is 17.7 Å². The van der Waals surface area contributed by atoms with Crippen molar-refractivity contribution in [3.8, 4) is 0 Å². The van der Waals surface area contributed by atoms with E-state index in [0.717, 1.165) is 25.3 Å². The fraction of sp³-hybridized carbons (Fsp3) is 0.0909. The third kappa shape index (κ3) is 2.77. The highest BCUT2D eigenvalue weighted by atomic mass is 79.9. The average molecular weight is 418 g/mol. The molecule has 0 aliphatic carbocycles. The number of benzene rings is 1. The third-order valence-corrected chi connectivity index (χ3v) is 5.11. The van der Waals surface area contributed by atoms with E-state index in [1.165, 1.54) is 11.3 Å². The molecule has 1 unspecified atom stereocenters. The summed E-state index contributed by atoms with van der Waals surface area (Å²) in [5, 5.41) is 0.107. The van der Waals surface area contributed by atoms with Crippen LogP contribution in [0.2, 0.25) is 5.02 Å². The molecule has 0 fully saturated rings. The van der Waals surface area contributed by atoms with Crippen molar-refractivity contribution in [2.24, 2.45) is 5.73 Å². The van der Waals surface area contributed by atoms with Crippen LogP contribution in [0.15, 0.2) is 25.8 Å². The lowest BCUT2D eigenvalue weighted by molar-refractivity contribution is 0.506. The van der Waals surface area contributed by atoms with Crippen molar-refractivity contribution in [1.29, 1.82) is 0 Å². The molecule has 1 aromatic heterocycles. The first-order valence-corrected chi connectivity index (χ1v) is 7.53. The minimum absolute atomic E-state index is 0.107. The van der Waals surface area contributed by atoms with E-state index in [1.807, 2.05) is 6.07 Å². The molecule has 1 nitrogen and oxygen atoms in total. The Hall–Kier alpha value is -0.0100. The molecule has 0 aliphatic rings. The Morgan fingerprint density at radius 1 is 1.11 bits per heavy atom. The molecule has 0 saturated heterocycles. The minimum atomic E-state index is -0.985. The zero-order chi connectivity index (χ0) is 13.4. The largest absolute Gasteiger partial charge is 0.320 e.